The molecule has 0 aliphatic carbocycles. The number of hydrogen-bond donors (Lipinski definition) is 2. The predicted octanol–water partition coefficient (Wildman–Crippen LogP) is 4.03. The molecule has 0 radical (unpaired) electrons. The van der Waals surface area contributed by atoms with Gasteiger partial charge in [0.05, 0.1) is 42.1 Å². The molecule has 2 fully saturated rings. The highest BCUT2D eigenvalue weighted by atomic mass is 35.5. The number of methoxy groups -OCH3 is 2. The molecular formula is C27H43ClN4O5. The Balaban J connectivity index is 1.45. The SMILES string of the molecule is CCC(C)CCOC(=O)N1CCC(CN2CC[C@@H](NC(=O)c3cc(Cl)c(N)cc3OC)[C@@H](OC)C2)CC1. The Bertz CT molecular complexity index is 909. The predicted molar refractivity (Wildman–Crippen MR) is 145 cm³/mol. The van der Waals surface area contributed by atoms with Gasteiger partial charge < -0.3 is 35.1 Å². The molecule has 3 N–H and O–H groups in total. The van der Waals surface area contributed by atoms with Gasteiger partial charge >= 0.3 is 6.09 Å². The number of nitrogens with one attached hydrogen (secondary N) is 1. The van der Waals surface area contributed by atoms with Crippen molar-refractivity contribution in [3.8, 4) is 5.75 Å². The van der Waals surface area contributed by atoms with E-state index in [1.807, 2.05) is 4.90 Å². The molecule has 1 aromatic rings. The minimum Gasteiger partial charge on any atom is -0.496 e. The molecule has 2 aliphatic heterocycles. The Morgan fingerprint density at radius 2 is 1.92 bits per heavy atom. The number of rotatable bonds is 10. The highest BCUT2D eigenvalue weighted by Gasteiger charge is 2.33. The first-order valence-electron chi connectivity index (χ1n) is 13.4. The van der Waals surface area contributed by atoms with E-state index in [0.717, 1.165) is 64.8 Å². The standard InChI is InChI=1S/C27H43ClN4O5/c1-5-18(2)9-13-37-27(34)32-11-6-19(7-12-32)16-31-10-8-23(25(17-31)36-4)30-26(33)20-14-21(28)22(29)15-24(20)35-3/h14-15,18-19,23,25H,5-13,16-17,29H2,1-4H3,(H,30,33)/t18?,23-,25+/m1/s1. The molecular weight excluding hydrogens is 496 g/mol. The van der Waals surface area contributed by atoms with Gasteiger partial charge in [0.15, 0.2) is 0 Å². The van der Waals surface area contributed by atoms with Crippen LogP contribution in [0.25, 0.3) is 0 Å². The molecule has 2 amide bonds. The van der Waals surface area contributed by atoms with Crippen molar-refractivity contribution in [2.24, 2.45) is 11.8 Å². The van der Waals surface area contributed by atoms with Gasteiger partial charge in [-0.3, -0.25) is 4.79 Å². The average molecular weight is 539 g/mol. The lowest BCUT2D eigenvalue weighted by molar-refractivity contribution is -0.00146. The Kier molecular flexibility index (Phi) is 11.2. The van der Waals surface area contributed by atoms with Gasteiger partial charge in [0.1, 0.15) is 5.75 Å². The summed E-state index contributed by atoms with van der Waals surface area (Å²) in [4.78, 5) is 29.6. The number of ether oxygens (including phenoxy) is 3. The van der Waals surface area contributed by atoms with E-state index in [9.17, 15) is 9.59 Å². The minimum absolute atomic E-state index is 0.123. The van der Waals surface area contributed by atoms with E-state index in [1.165, 1.54) is 13.2 Å². The first kappa shape index (κ1) is 29.3. The number of piperidine rings is 2. The number of amides is 2. The van der Waals surface area contributed by atoms with Crippen LogP contribution in [0.5, 0.6) is 5.75 Å². The molecule has 0 spiro atoms. The molecule has 2 aliphatic rings. The summed E-state index contributed by atoms with van der Waals surface area (Å²) in [7, 11) is 3.18. The zero-order chi connectivity index (χ0) is 26.9. The van der Waals surface area contributed by atoms with E-state index in [0.29, 0.717) is 40.5 Å². The Morgan fingerprint density at radius 1 is 1.19 bits per heavy atom. The van der Waals surface area contributed by atoms with Crippen molar-refractivity contribution in [1.29, 1.82) is 0 Å². The minimum atomic E-state index is -0.261. The molecule has 10 heteroatoms. The lowest BCUT2D eigenvalue weighted by atomic mass is 9.94. The van der Waals surface area contributed by atoms with Crippen molar-refractivity contribution < 1.29 is 23.8 Å². The number of carbonyl (C=O) groups excluding carboxylic acids is 2. The van der Waals surface area contributed by atoms with Crippen LogP contribution in [0.1, 0.15) is 56.3 Å². The number of nitrogens with zero attached hydrogens (tertiary/aromatic N) is 2. The van der Waals surface area contributed by atoms with Crippen LogP contribution in [-0.2, 0) is 9.47 Å². The van der Waals surface area contributed by atoms with Gasteiger partial charge in [0.2, 0.25) is 0 Å². The number of carbonyl (C=O) groups is 2. The fourth-order valence-corrected chi connectivity index (χ4v) is 5.18. The molecule has 1 aromatic carbocycles. The van der Waals surface area contributed by atoms with Gasteiger partial charge in [-0.2, -0.15) is 0 Å². The third kappa shape index (κ3) is 8.12. The van der Waals surface area contributed by atoms with Crippen LogP contribution < -0.4 is 15.8 Å². The van der Waals surface area contributed by atoms with Crippen molar-refractivity contribution in [3.63, 3.8) is 0 Å². The molecule has 0 saturated carbocycles. The highest BCUT2D eigenvalue weighted by molar-refractivity contribution is 6.33. The monoisotopic (exact) mass is 538 g/mol. The molecule has 2 heterocycles. The molecule has 9 nitrogen and oxygen atoms in total. The summed E-state index contributed by atoms with van der Waals surface area (Å²) in [5.41, 5.74) is 6.56. The lowest BCUT2D eigenvalue weighted by Crippen LogP contribution is -2.55. The van der Waals surface area contributed by atoms with Crippen LogP contribution in [0.15, 0.2) is 12.1 Å². The summed E-state index contributed by atoms with van der Waals surface area (Å²) in [6.45, 7) is 8.85. The van der Waals surface area contributed by atoms with Gasteiger partial charge in [-0.05, 0) is 43.6 Å². The second-order valence-corrected chi connectivity index (χ2v) is 10.7. The topological polar surface area (TPSA) is 106 Å². The average Bonchev–Trinajstić information content (AvgIpc) is 2.90. The van der Waals surface area contributed by atoms with Gasteiger partial charge in [0.25, 0.3) is 5.91 Å². The molecule has 3 rings (SSSR count). The lowest BCUT2D eigenvalue weighted by Gasteiger charge is -2.40. The van der Waals surface area contributed by atoms with Crippen LogP contribution in [0.3, 0.4) is 0 Å². The summed E-state index contributed by atoms with van der Waals surface area (Å²) < 4.78 is 16.6. The molecule has 208 valence electrons. The first-order valence-corrected chi connectivity index (χ1v) is 13.7. The fraction of sp³-hybridized carbons (Fsp3) is 0.704. The Morgan fingerprint density at radius 3 is 2.57 bits per heavy atom. The summed E-state index contributed by atoms with van der Waals surface area (Å²) >= 11 is 6.14. The maximum atomic E-state index is 13.0. The van der Waals surface area contributed by atoms with Crippen LogP contribution in [0, 0.1) is 11.8 Å². The molecule has 0 aromatic heterocycles. The van der Waals surface area contributed by atoms with E-state index in [-0.39, 0.29) is 24.1 Å². The van der Waals surface area contributed by atoms with Crippen molar-refractivity contribution in [1.82, 2.24) is 15.1 Å². The number of benzene rings is 1. The maximum absolute atomic E-state index is 13.0. The second-order valence-electron chi connectivity index (χ2n) is 10.3. The van der Waals surface area contributed by atoms with Gasteiger partial charge in [-0.15, -0.1) is 0 Å². The number of nitrogen functional groups attached to an aromatic ring is 1. The van der Waals surface area contributed by atoms with Gasteiger partial charge in [-0.1, -0.05) is 31.9 Å². The van der Waals surface area contributed by atoms with Crippen LogP contribution in [-0.4, -0.2) is 87.5 Å². The largest absolute Gasteiger partial charge is 0.496 e. The highest BCUT2D eigenvalue weighted by Crippen LogP contribution is 2.29. The summed E-state index contributed by atoms with van der Waals surface area (Å²) in [5.74, 6) is 1.22. The molecule has 0 bridgehead atoms. The van der Waals surface area contributed by atoms with Gasteiger partial charge in [0, 0.05) is 45.9 Å². The number of halogens is 1. The molecule has 2 saturated heterocycles. The van der Waals surface area contributed by atoms with Crippen molar-refractivity contribution in [2.75, 3.05) is 59.3 Å². The molecule has 3 atom stereocenters. The van der Waals surface area contributed by atoms with E-state index < -0.39 is 0 Å². The Hall–Kier alpha value is -2.23. The van der Waals surface area contributed by atoms with Gasteiger partial charge in [-0.25, -0.2) is 4.79 Å². The number of anilines is 1. The quantitative estimate of drug-likeness (QED) is 0.433. The number of nitrogens with two attached hydrogens (primary N) is 1. The van der Waals surface area contributed by atoms with E-state index in [1.54, 1.807) is 13.2 Å². The van der Waals surface area contributed by atoms with E-state index in [2.05, 4.69) is 24.1 Å². The van der Waals surface area contributed by atoms with Crippen LogP contribution in [0.4, 0.5) is 10.5 Å². The normalized spacial score (nSPS) is 21.9. The van der Waals surface area contributed by atoms with Crippen molar-refractivity contribution >= 4 is 29.3 Å². The smallest absolute Gasteiger partial charge is 0.409 e. The summed E-state index contributed by atoms with van der Waals surface area (Å²) in [6, 6.07) is 2.98. The van der Waals surface area contributed by atoms with Crippen LogP contribution >= 0.6 is 11.6 Å². The summed E-state index contributed by atoms with van der Waals surface area (Å²) in [6.07, 6.45) is 4.40. The third-order valence-corrected chi connectivity index (χ3v) is 8.08. The van der Waals surface area contributed by atoms with E-state index in [4.69, 9.17) is 31.5 Å². The number of hydrogen-bond acceptors (Lipinski definition) is 7. The molecule has 37 heavy (non-hydrogen) atoms. The third-order valence-electron chi connectivity index (χ3n) is 7.75. The fourth-order valence-electron chi connectivity index (χ4n) is 5.02. The van der Waals surface area contributed by atoms with Crippen LogP contribution in [0.2, 0.25) is 5.02 Å². The molecule has 1 unspecified atom stereocenters. The van der Waals surface area contributed by atoms with Crippen molar-refractivity contribution in [2.45, 2.75) is 58.1 Å². The zero-order valence-electron chi connectivity index (χ0n) is 22.6. The van der Waals surface area contributed by atoms with Crippen molar-refractivity contribution in [3.05, 3.63) is 22.7 Å². The Labute approximate surface area is 225 Å². The summed E-state index contributed by atoms with van der Waals surface area (Å²) in [5, 5.41) is 3.41. The number of likely N-dealkylation sites (tertiary alicyclic amines) is 2. The maximum Gasteiger partial charge on any atom is 0.409 e. The van der Waals surface area contributed by atoms with E-state index >= 15 is 0 Å². The first-order chi connectivity index (χ1) is 17.7. The second kappa shape index (κ2) is 14.1. The zero-order valence-corrected chi connectivity index (χ0v) is 23.4.